The Hall–Kier alpha value is -3.56. The van der Waals surface area contributed by atoms with E-state index in [1.54, 1.807) is 13.1 Å². The van der Waals surface area contributed by atoms with Gasteiger partial charge in [-0.05, 0) is 65.0 Å². The van der Waals surface area contributed by atoms with Gasteiger partial charge in [-0.3, -0.25) is 14.2 Å². The third kappa shape index (κ3) is 4.76. The van der Waals surface area contributed by atoms with Gasteiger partial charge in [0.05, 0.1) is 5.56 Å². The lowest BCUT2D eigenvalue weighted by molar-refractivity contribution is -0.137. The molecule has 1 aliphatic rings. The number of benzene rings is 3. The molecule has 0 aliphatic carbocycles. The molecule has 37 heavy (non-hydrogen) atoms. The van der Waals surface area contributed by atoms with Gasteiger partial charge in [-0.15, -0.1) is 0 Å². The maximum absolute atomic E-state index is 13.7. The van der Waals surface area contributed by atoms with Gasteiger partial charge in [-0.25, -0.2) is 4.31 Å². The first kappa shape index (κ1) is 25.1. The van der Waals surface area contributed by atoms with E-state index in [9.17, 15) is 22.8 Å². The maximum atomic E-state index is 13.7. The number of aromatic nitrogens is 1. The predicted octanol–water partition coefficient (Wildman–Crippen LogP) is 5.52. The quantitative estimate of drug-likeness (QED) is 0.358. The van der Waals surface area contributed by atoms with E-state index < -0.39 is 17.8 Å². The molecule has 0 spiro atoms. The number of hydrogen-bond acceptors (Lipinski definition) is 4. The fraction of sp³-hybridized carbons (Fsp3) is 0.214. The summed E-state index contributed by atoms with van der Waals surface area (Å²) in [5, 5.41) is 5.09. The average Bonchev–Trinajstić information content (AvgIpc) is 2.87. The van der Waals surface area contributed by atoms with E-state index in [4.69, 9.17) is 0 Å². The molecular weight excluding hydrogens is 499 g/mol. The van der Waals surface area contributed by atoms with Crippen LogP contribution in [0.4, 0.5) is 13.2 Å². The lowest BCUT2D eigenvalue weighted by Gasteiger charge is -2.34. The molecule has 0 fully saturated rings. The van der Waals surface area contributed by atoms with Gasteiger partial charge in [0, 0.05) is 25.2 Å². The van der Waals surface area contributed by atoms with Crippen molar-refractivity contribution in [3.8, 4) is 11.1 Å². The number of rotatable bonds is 4. The smallest absolute Gasteiger partial charge is 0.357 e. The summed E-state index contributed by atoms with van der Waals surface area (Å²) in [6, 6.07) is 19.5. The summed E-state index contributed by atoms with van der Waals surface area (Å²) in [7, 11) is 3.29. The van der Waals surface area contributed by atoms with E-state index in [2.05, 4.69) is 5.32 Å². The van der Waals surface area contributed by atoms with Crippen LogP contribution in [0.1, 0.15) is 22.7 Å². The number of likely N-dealkylation sites (N-methyl/N-ethyl adjacent to an activating group) is 2. The van der Waals surface area contributed by atoms with Crippen LogP contribution >= 0.6 is 11.9 Å². The Kier molecular flexibility index (Phi) is 6.59. The van der Waals surface area contributed by atoms with E-state index in [1.807, 2.05) is 46.8 Å². The number of carbonyl (C=O) groups excluding carboxylic acids is 1. The Morgan fingerprint density at radius 3 is 2.51 bits per heavy atom. The monoisotopic (exact) mass is 523 g/mol. The molecule has 9 heteroatoms. The highest BCUT2D eigenvalue weighted by atomic mass is 32.2. The lowest BCUT2D eigenvalue weighted by Crippen LogP contribution is -2.44. The zero-order valence-corrected chi connectivity index (χ0v) is 21.0. The molecule has 0 radical (unpaired) electrons. The minimum absolute atomic E-state index is 0.280. The van der Waals surface area contributed by atoms with Gasteiger partial charge in [0.25, 0.3) is 5.56 Å². The van der Waals surface area contributed by atoms with Crippen molar-refractivity contribution in [2.45, 2.75) is 23.7 Å². The first-order valence-electron chi connectivity index (χ1n) is 11.7. The molecule has 3 aromatic carbocycles. The van der Waals surface area contributed by atoms with Crippen LogP contribution in [0.25, 0.3) is 21.9 Å². The summed E-state index contributed by atoms with van der Waals surface area (Å²) in [6.45, 7) is 0.280. The van der Waals surface area contributed by atoms with Crippen molar-refractivity contribution >= 4 is 28.6 Å². The van der Waals surface area contributed by atoms with Crippen molar-refractivity contribution in [2.24, 2.45) is 0 Å². The molecule has 1 aromatic heterocycles. The summed E-state index contributed by atoms with van der Waals surface area (Å²) in [5.74, 6) is -0.340. The highest BCUT2D eigenvalue weighted by Gasteiger charge is 2.34. The SMILES string of the molecule is CNC(=O)C1CN(C)Sc2c(-c3cccc(C(F)(F)F)c3)c(Cc3cccc4ccccc34)cc(=O)n21. The van der Waals surface area contributed by atoms with Crippen LogP contribution in [-0.4, -0.2) is 35.4 Å². The summed E-state index contributed by atoms with van der Waals surface area (Å²) in [5.41, 5.74) is 1.27. The molecule has 1 aliphatic heterocycles. The molecule has 5 rings (SSSR count). The third-order valence-electron chi connectivity index (χ3n) is 6.56. The van der Waals surface area contributed by atoms with Crippen LogP contribution in [0.5, 0.6) is 0 Å². The van der Waals surface area contributed by atoms with Gasteiger partial charge >= 0.3 is 6.18 Å². The number of hydrogen-bond donors (Lipinski definition) is 1. The standard InChI is InChI=1S/C28H24F3N3O2S/c1-32-26(36)23-16-33(2)37-27-25(19-10-6-11-21(14-19)28(29,30)31)20(15-24(35)34(23)27)13-18-9-5-8-17-7-3-4-12-22(17)18/h3-12,14-15,23H,13,16H2,1-2H3,(H,32,36). The largest absolute Gasteiger partial charge is 0.416 e. The number of alkyl halides is 3. The van der Waals surface area contributed by atoms with E-state index >= 15 is 0 Å². The Bertz CT molecular complexity index is 1560. The number of pyridine rings is 1. The minimum atomic E-state index is -4.52. The Morgan fingerprint density at radius 2 is 1.76 bits per heavy atom. The Balaban J connectivity index is 1.78. The summed E-state index contributed by atoms with van der Waals surface area (Å²) in [4.78, 5) is 26.2. The van der Waals surface area contributed by atoms with Gasteiger partial charge in [0.15, 0.2) is 0 Å². The Morgan fingerprint density at radius 1 is 1.03 bits per heavy atom. The number of nitrogens with one attached hydrogen (secondary N) is 1. The normalized spacial score (nSPS) is 16.0. The van der Waals surface area contributed by atoms with Crippen LogP contribution < -0.4 is 10.9 Å². The van der Waals surface area contributed by atoms with Crippen LogP contribution in [0.3, 0.4) is 0 Å². The molecule has 190 valence electrons. The lowest BCUT2D eigenvalue weighted by atomic mass is 9.93. The van der Waals surface area contributed by atoms with E-state index in [0.29, 0.717) is 28.1 Å². The van der Waals surface area contributed by atoms with E-state index in [1.165, 1.54) is 35.7 Å². The number of amides is 1. The first-order valence-corrected chi connectivity index (χ1v) is 12.5. The van der Waals surface area contributed by atoms with Crippen molar-refractivity contribution < 1.29 is 18.0 Å². The molecule has 0 saturated carbocycles. The first-order chi connectivity index (χ1) is 17.7. The maximum Gasteiger partial charge on any atom is 0.416 e. The second-order valence-corrected chi connectivity index (χ2v) is 10.2. The fourth-order valence-electron chi connectivity index (χ4n) is 4.86. The molecule has 0 saturated heterocycles. The second-order valence-electron chi connectivity index (χ2n) is 8.98. The van der Waals surface area contributed by atoms with Gasteiger partial charge in [0.1, 0.15) is 11.1 Å². The van der Waals surface area contributed by atoms with E-state index in [0.717, 1.165) is 28.5 Å². The minimum Gasteiger partial charge on any atom is -0.357 e. The van der Waals surface area contributed by atoms with Gasteiger partial charge in [-0.2, -0.15) is 13.2 Å². The topological polar surface area (TPSA) is 54.3 Å². The molecule has 1 atom stereocenters. The van der Waals surface area contributed by atoms with Crippen LogP contribution in [0, 0.1) is 0 Å². The molecular formula is C28H24F3N3O2S. The fourth-order valence-corrected chi connectivity index (χ4v) is 6.02. The summed E-state index contributed by atoms with van der Waals surface area (Å²) < 4.78 is 44.2. The van der Waals surface area contributed by atoms with Gasteiger partial charge in [0.2, 0.25) is 5.91 Å². The molecule has 1 unspecified atom stereocenters. The van der Waals surface area contributed by atoms with Crippen LogP contribution in [-0.2, 0) is 17.4 Å². The van der Waals surface area contributed by atoms with Crippen molar-refractivity contribution in [3.05, 3.63) is 99.8 Å². The van der Waals surface area contributed by atoms with Gasteiger partial charge in [-0.1, -0.05) is 54.6 Å². The number of nitrogens with zero attached hydrogens (tertiary/aromatic N) is 2. The van der Waals surface area contributed by atoms with Crippen molar-refractivity contribution in [1.29, 1.82) is 0 Å². The highest BCUT2D eigenvalue weighted by Crippen LogP contribution is 2.42. The molecule has 1 amide bonds. The zero-order chi connectivity index (χ0) is 26.3. The third-order valence-corrected chi connectivity index (χ3v) is 7.60. The summed E-state index contributed by atoms with van der Waals surface area (Å²) in [6.07, 6.45) is -4.18. The molecule has 5 nitrogen and oxygen atoms in total. The van der Waals surface area contributed by atoms with Crippen molar-refractivity contribution in [2.75, 3.05) is 20.6 Å². The molecule has 4 aromatic rings. The molecule has 2 heterocycles. The molecule has 1 N–H and O–H groups in total. The number of carbonyl (C=O) groups is 1. The van der Waals surface area contributed by atoms with E-state index in [-0.39, 0.29) is 18.0 Å². The van der Waals surface area contributed by atoms with Crippen molar-refractivity contribution in [3.63, 3.8) is 0 Å². The number of halogens is 3. The predicted molar refractivity (Wildman–Crippen MR) is 139 cm³/mol. The highest BCUT2D eigenvalue weighted by molar-refractivity contribution is 7.97. The molecule has 0 bridgehead atoms. The van der Waals surface area contributed by atoms with Crippen LogP contribution in [0.2, 0.25) is 0 Å². The summed E-state index contributed by atoms with van der Waals surface area (Å²) >= 11 is 1.26. The zero-order valence-electron chi connectivity index (χ0n) is 20.2. The number of fused-ring (bicyclic) bond motifs is 2. The van der Waals surface area contributed by atoms with Gasteiger partial charge < -0.3 is 5.32 Å². The average molecular weight is 524 g/mol. The van der Waals surface area contributed by atoms with Crippen LogP contribution in [0.15, 0.2) is 82.6 Å². The van der Waals surface area contributed by atoms with Crippen molar-refractivity contribution in [1.82, 2.24) is 14.2 Å². The Labute approximate surface area is 216 Å². The second kappa shape index (κ2) is 9.72.